The molecule has 1 aliphatic heterocycles. The van der Waals surface area contributed by atoms with Crippen molar-refractivity contribution in [1.82, 2.24) is 4.90 Å². The van der Waals surface area contributed by atoms with E-state index in [2.05, 4.69) is 0 Å². The molecule has 4 nitrogen and oxygen atoms in total. The van der Waals surface area contributed by atoms with Crippen molar-refractivity contribution in [1.29, 1.82) is 0 Å². The lowest BCUT2D eigenvalue weighted by molar-refractivity contribution is -0.148. The molecule has 2 rings (SSSR count). The fourth-order valence-corrected chi connectivity index (χ4v) is 3.69. The topological polar surface area (TPSA) is 57.6 Å². The van der Waals surface area contributed by atoms with Gasteiger partial charge in [-0.15, -0.1) is 11.8 Å². The minimum Gasteiger partial charge on any atom is -0.480 e. The second-order valence-corrected chi connectivity index (χ2v) is 5.99. The fraction of sp³-hybridized carbons (Fsp3) is 0.429. The van der Waals surface area contributed by atoms with E-state index in [-0.39, 0.29) is 17.7 Å². The zero-order valence-corrected chi connectivity index (χ0v) is 12.2. The first-order valence-electron chi connectivity index (χ1n) is 6.53. The van der Waals surface area contributed by atoms with Gasteiger partial charge >= 0.3 is 5.97 Å². The molecule has 0 bridgehead atoms. The number of carbonyl (C=O) groups excluding carboxylic acids is 1. The smallest absolute Gasteiger partial charge is 0.327 e. The molecule has 2 atom stereocenters. The first kappa shape index (κ1) is 15.8. The summed E-state index contributed by atoms with van der Waals surface area (Å²) in [4.78, 5) is 24.9. The molecule has 0 aromatic heterocycles. The van der Waals surface area contributed by atoms with Gasteiger partial charge in [-0.05, 0) is 24.1 Å². The molecule has 1 aromatic rings. The molecular weight excluding hydrogens is 300 g/mol. The maximum absolute atomic E-state index is 13.2. The number of hydrogen-bond donors (Lipinski definition) is 1. The van der Waals surface area contributed by atoms with E-state index in [1.807, 2.05) is 6.92 Å². The highest BCUT2D eigenvalue weighted by atomic mass is 32.2. The molecule has 0 aliphatic carbocycles. The van der Waals surface area contributed by atoms with Crippen LogP contribution in [0.25, 0.3) is 0 Å². The van der Waals surface area contributed by atoms with Gasteiger partial charge in [0.05, 0.1) is 11.8 Å². The fourth-order valence-electron chi connectivity index (χ4n) is 2.32. The molecule has 2 unspecified atom stereocenters. The van der Waals surface area contributed by atoms with Crippen LogP contribution in [0.5, 0.6) is 0 Å². The molecule has 1 heterocycles. The molecule has 1 saturated heterocycles. The van der Waals surface area contributed by atoms with Crippen LogP contribution in [0.4, 0.5) is 8.78 Å². The monoisotopic (exact) mass is 315 g/mol. The molecule has 1 N–H and O–H groups in total. The van der Waals surface area contributed by atoms with Gasteiger partial charge < -0.3 is 10.0 Å². The summed E-state index contributed by atoms with van der Waals surface area (Å²) in [6, 6.07) is 2.39. The summed E-state index contributed by atoms with van der Waals surface area (Å²) >= 11 is 1.42. The minimum absolute atomic E-state index is 0.141. The zero-order valence-electron chi connectivity index (χ0n) is 11.4. The van der Waals surface area contributed by atoms with Gasteiger partial charge in [-0.3, -0.25) is 4.79 Å². The van der Waals surface area contributed by atoms with Crippen molar-refractivity contribution in [3.05, 3.63) is 35.4 Å². The molecule has 1 amide bonds. The van der Waals surface area contributed by atoms with Gasteiger partial charge in [0.2, 0.25) is 5.91 Å². The van der Waals surface area contributed by atoms with E-state index in [4.69, 9.17) is 0 Å². The second-order valence-electron chi connectivity index (χ2n) is 4.78. The lowest BCUT2D eigenvalue weighted by atomic mass is 10.1. The van der Waals surface area contributed by atoms with Gasteiger partial charge in [0.25, 0.3) is 0 Å². The van der Waals surface area contributed by atoms with Crippen LogP contribution >= 0.6 is 11.8 Å². The third-order valence-corrected chi connectivity index (χ3v) is 4.81. The Kier molecular flexibility index (Phi) is 4.82. The molecule has 1 fully saturated rings. The predicted molar refractivity (Wildman–Crippen MR) is 74.9 cm³/mol. The largest absolute Gasteiger partial charge is 0.480 e. The summed E-state index contributed by atoms with van der Waals surface area (Å²) in [5.41, 5.74) is 0.329. The van der Waals surface area contributed by atoms with Gasteiger partial charge in [0, 0.05) is 5.75 Å². The van der Waals surface area contributed by atoms with Crippen molar-refractivity contribution in [3.63, 3.8) is 0 Å². The van der Waals surface area contributed by atoms with Crippen LogP contribution in [0, 0.1) is 11.6 Å². The average molecular weight is 315 g/mol. The summed E-state index contributed by atoms with van der Waals surface area (Å²) in [7, 11) is 0. The van der Waals surface area contributed by atoms with Gasteiger partial charge in [-0.2, -0.15) is 0 Å². The third kappa shape index (κ3) is 3.34. The zero-order chi connectivity index (χ0) is 15.6. The van der Waals surface area contributed by atoms with E-state index in [0.29, 0.717) is 17.7 Å². The number of benzene rings is 1. The average Bonchev–Trinajstić information content (AvgIpc) is 2.87. The summed E-state index contributed by atoms with van der Waals surface area (Å²) in [6.45, 7) is 1.87. The lowest BCUT2D eigenvalue weighted by Gasteiger charge is -2.26. The predicted octanol–water partition coefficient (Wildman–Crippen LogP) is 2.27. The Morgan fingerprint density at radius 1 is 1.38 bits per heavy atom. The maximum Gasteiger partial charge on any atom is 0.327 e. The van der Waals surface area contributed by atoms with E-state index in [0.717, 1.165) is 12.1 Å². The molecular formula is C14H15F2NO3S. The van der Waals surface area contributed by atoms with E-state index in [1.54, 1.807) is 0 Å². The first-order chi connectivity index (χ1) is 9.93. The summed E-state index contributed by atoms with van der Waals surface area (Å²) in [6.07, 6.45) is 0.496. The highest BCUT2D eigenvalue weighted by molar-refractivity contribution is 8.00. The number of halogens is 2. The Morgan fingerprint density at radius 3 is 2.67 bits per heavy atom. The molecule has 0 saturated carbocycles. The lowest BCUT2D eigenvalue weighted by Crippen LogP contribution is -2.46. The molecule has 0 spiro atoms. The van der Waals surface area contributed by atoms with Crippen molar-refractivity contribution >= 4 is 23.6 Å². The van der Waals surface area contributed by atoms with E-state index < -0.39 is 23.6 Å². The molecule has 1 aromatic carbocycles. The summed E-state index contributed by atoms with van der Waals surface area (Å²) in [5.74, 6) is -3.07. The van der Waals surface area contributed by atoms with Gasteiger partial charge in [0.1, 0.15) is 6.04 Å². The molecule has 114 valence electrons. The number of aliphatic carboxylic acids is 1. The SMILES string of the molecule is CCC1SCC(C(=O)O)N1C(=O)Cc1ccc(F)c(F)c1. The van der Waals surface area contributed by atoms with Crippen molar-refractivity contribution in [2.45, 2.75) is 31.2 Å². The maximum atomic E-state index is 13.2. The van der Waals surface area contributed by atoms with Gasteiger partial charge in [-0.25, -0.2) is 13.6 Å². The van der Waals surface area contributed by atoms with E-state index >= 15 is 0 Å². The number of carboxylic acid groups (broad SMARTS) is 1. The number of carboxylic acids is 1. The van der Waals surface area contributed by atoms with Crippen LogP contribution < -0.4 is 0 Å². The number of nitrogens with zero attached hydrogens (tertiary/aromatic N) is 1. The molecule has 21 heavy (non-hydrogen) atoms. The van der Waals surface area contributed by atoms with Crippen LogP contribution in [0.15, 0.2) is 18.2 Å². The highest BCUT2D eigenvalue weighted by Gasteiger charge is 2.40. The number of carbonyl (C=O) groups is 2. The number of amides is 1. The number of rotatable bonds is 4. The quantitative estimate of drug-likeness (QED) is 0.926. The highest BCUT2D eigenvalue weighted by Crippen LogP contribution is 2.32. The Hall–Kier alpha value is -1.63. The second kappa shape index (κ2) is 6.43. The van der Waals surface area contributed by atoms with Crippen molar-refractivity contribution in [3.8, 4) is 0 Å². The Labute approximate surface area is 125 Å². The molecule has 0 radical (unpaired) electrons. The van der Waals surface area contributed by atoms with Crippen LogP contribution in [0.3, 0.4) is 0 Å². The third-order valence-electron chi connectivity index (χ3n) is 3.35. The number of thioether (sulfide) groups is 1. The molecule has 1 aliphatic rings. The van der Waals surface area contributed by atoms with E-state index in [9.17, 15) is 23.5 Å². The Bertz CT molecular complexity index is 567. The van der Waals surface area contributed by atoms with Crippen LogP contribution in [-0.4, -0.2) is 39.1 Å². The van der Waals surface area contributed by atoms with E-state index in [1.165, 1.54) is 22.7 Å². The Morgan fingerprint density at radius 2 is 2.10 bits per heavy atom. The standard InChI is InChI=1S/C14H15F2NO3S/c1-2-13-17(11(7-21-13)14(19)20)12(18)6-8-3-4-9(15)10(16)5-8/h3-5,11,13H,2,6-7H2,1H3,(H,19,20). The summed E-state index contributed by atoms with van der Waals surface area (Å²) < 4.78 is 26.0. The van der Waals surface area contributed by atoms with Crippen molar-refractivity contribution in [2.24, 2.45) is 0 Å². The normalized spacial score (nSPS) is 21.6. The number of hydrogen-bond acceptors (Lipinski definition) is 3. The first-order valence-corrected chi connectivity index (χ1v) is 7.58. The van der Waals surface area contributed by atoms with Crippen LogP contribution in [-0.2, 0) is 16.0 Å². The van der Waals surface area contributed by atoms with Crippen LogP contribution in [0.2, 0.25) is 0 Å². The minimum atomic E-state index is -1.04. The summed E-state index contributed by atoms with van der Waals surface area (Å²) in [5, 5.41) is 8.98. The van der Waals surface area contributed by atoms with Crippen molar-refractivity contribution in [2.75, 3.05) is 5.75 Å². The van der Waals surface area contributed by atoms with Gasteiger partial charge in [0.15, 0.2) is 11.6 Å². The van der Waals surface area contributed by atoms with Crippen molar-refractivity contribution < 1.29 is 23.5 Å². The van der Waals surface area contributed by atoms with Crippen LogP contribution in [0.1, 0.15) is 18.9 Å². The van der Waals surface area contributed by atoms with Gasteiger partial charge in [-0.1, -0.05) is 13.0 Å². The Balaban J connectivity index is 2.16. The molecule has 7 heteroatoms.